The van der Waals surface area contributed by atoms with E-state index in [9.17, 15) is 13.2 Å². The standard InChI is InChI=1S/C14H11ClF3N5O/c15-9-7-19-13(20-8-9)24-11-4-1-3-10-12(11)23(22-21-10)6-2-5-14(16,17)18/h1,3-4,7-8H,2,5-6H2. The van der Waals surface area contributed by atoms with Gasteiger partial charge in [-0.3, -0.25) is 0 Å². The fourth-order valence-corrected chi connectivity index (χ4v) is 2.21. The molecule has 24 heavy (non-hydrogen) atoms. The van der Waals surface area contributed by atoms with Gasteiger partial charge >= 0.3 is 12.2 Å². The summed E-state index contributed by atoms with van der Waals surface area (Å²) >= 11 is 5.71. The molecule has 0 aliphatic carbocycles. The summed E-state index contributed by atoms with van der Waals surface area (Å²) in [5, 5.41) is 8.19. The Morgan fingerprint density at radius 3 is 2.62 bits per heavy atom. The third kappa shape index (κ3) is 3.91. The van der Waals surface area contributed by atoms with Crippen molar-refractivity contribution in [3.63, 3.8) is 0 Å². The summed E-state index contributed by atoms with van der Waals surface area (Å²) in [6, 6.07) is 5.10. The van der Waals surface area contributed by atoms with Crippen molar-refractivity contribution in [2.75, 3.05) is 0 Å². The molecule has 0 saturated carbocycles. The number of rotatable bonds is 5. The maximum absolute atomic E-state index is 12.3. The van der Waals surface area contributed by atoms with Crippen LogP contribution in [0.5, 0.6) is 11.8 Å². The number of hydrogen-bond donors (Lipinski definition) is 0. The van der Waals surface area contributed by atoms with E-state index in [-0.39, 0.29) is 19.0 Å². The van der Waals surface area contributed by atoms with Crippen molar-refractivity contribution in [2.24, 2.45) is 0 Å². The van der Waals surface area contributed by atoms with Crippen LogP contribution in [0, 0.1) is 0 Å². The predicted molar refractivity (Wildman–Crippen MR) is 79.9 cm³/mol. The Labute approximate surface area is 139 Å². The van der Waals surface area contributed by atoms with Gasteiger partial charge in [-0.05, 0) is 18.6 Å². The molecule has 0 amide bonds. The van der Waals surface area contributed by atoms with Gasteiger partial charge in [-0.25, -0.2) is 14.6 Å². The van der Waals surface area contributed by atoms with Crippen LogP contribution < -0.4 is 4.74 Å². The van der Waals surface area contributed by atoms with Crippen molar-refractivity contribution in [1.82, 2.24) is 25.0 Å². The second-order valence-corrected chi connectivity index (χ2v) is 5.38. The molecule has 1 aromatic carbocycles. The lowest BCUT2D eigenvalue weighted by Crippen LogP contribution is -2.10. The highest BCUT2D eigenvalue weighted by molar-refractivity contribution is 6.30. The van der Waals surface area contributed by atoms with Crippen LogP contribution >= 0.6 is 11.6 Å². The average Bonchev–Trinajstić information content (AvgIpc) is 2.93. The Hall–Kier alpha value is -2.42. The fraction of sp³-hybridized carbons (Fsp3) is 0.286. The molecule has 0 aliphatic heterocycles. The van der Waals surface area contributed by atoms with Gasteiger partial charge in [-0.15, -0.1) is 5.10 Å². The van der Waals surface area contributed by atoms with Crippen LogP contribution in [0.15, 0.2) is 30.6 Å². The summed E-state index contributed by atoms with van der Waals surface area (Å²) in [5.74, 6) is 0.354. The molecule has 0 saturated heterocycles. The molecule has 2 heterocycles. The van der Waals surface area contributed by atoms with E-state index in [1.165, 1.54) is 17.1 Å². The van der Waals surface area contributed by atoms with Crippen LogP contribution in [0.3, 0.4) is 0 Å². The predicted octanol–water partition coefficient (Wildman–Crippen LogP) is 4.01. The molecule has 2 aromatic heterocycles. The third-order valence-corrected chi connectivity index (χ3v) is 3.32. The van der Waals surface area contributed by atoms with Crippen LogP contribution in [0.2, 0.25) is 5.02 Å². The lowest BCUT2D eigenvalue weighted by molar-refractivity contribution is -0.135. The van der Waals surface area contributed by atoms with E-state index in [1.54, 1.807) is 18.2 Å². The summed E-state index contributed by atoms with van der Waals surface area (Å²) in [6.07, 6.45) is -2.44. The van der Waals surface area contributed by atoms with Crippen LogP contribution in [0.4, 0.5) is 13.2 Å². The zero-order chi connectivity index (χ0) is 17.2. The molecular weight excluding hydrogens is 347 g/mol. The number of benzene rings is 1. The average molecular weight is 358 g/mol. The van der Waals surface area contributed by atoms with Crippen LogP contribution in [0.25, 0.3) is 11.0 Å². The van der Waals surface area contributed by atoms with Gasteiger partial charge in [0.25, 0.3) is 0 Å². The zero-order valence-corrected chi connectivity index (χ0v) is 12.9. The second-order valence-electron chi connectivity index (χ2n) is 4.94. The lowest BCUT2D eigenvalue weighted by Gasteiger charge is -2.09. The largest absolute Gasteiger partial charge is 0.422 e. The van der Waals surface area contributed by atoms with E-state index in [2.05, 4.69) is 20.3 Å². The minimum Gasteiger partial charge on any atom is -0.422 e. The van der Waals surface area contributed by atoms with Gasteiger partial charge in [-0.2, -0.15) is 13.2 Å². The molecule has 0 aliphatic rings. The number of nitrogens with zero attached hydrogens (tertiary/aromatic N) is 5. The van der Waals surface area contributed by atoms with Gasteiger partial charge in [0.2, 0.25) is 0 Å². The Kier molecular flexibility index (Phi) is 4.52. The molecule has 0 fully saturated rings. The monoisotopic (exact) mass is 357 g/mol. The summed E-state index contributed by atoms with van der Waals surface area (Å²) in [4.78, 5) is 7.85. The topological polar surface area (TPSA) is 65.7 Å². The molecule has 0 bridgehead atoms. The van der Waals surface area contributed by atoms with Gasteiger partial charge < -0.3 is 4.74 Å². The first kappa shape index (κ1) is 16.4. The van der Waals surface area contributed by atoms with Crippen LogP contribution in [-0.2, 0) is 6.54 Å². The minimum absolute atomic E-state index is 0.0648. The Morgan fingerprint density at radius 1 is 1.17 bits per heavy atom. The number of alkyl halides is 3. The van der Waals surface area contributed by atoms with E-state index in [0.717, 1.165) is 0 Å². The molecule has 0 atom stereocenters. The fourth-order valence-electron chi connectivity index (χ4n) is 2.12. The SMILES string of the molecule is FC(F)(F)CCCn1nnc2cccc(Oc3ncc(Cl)cn3)c21. The van der Waals surface area contributed by atoms with Crippen molar-refractivity contribution in [3.05, 3.63) is 35.6 Å². The molecule has 126 valence electrons. The number of aromatic nitrogens is 5. The first-order valence-corrected chi connectivity index (χ1v) is 7.34. The molecule has 0 N–H and O–H groups in total. The first-order chi connectivity index (χ1) is 11.4. The summed E-state index contributed by atoms with van der Waals surface area (Å²) in [6.45, 7) is 0.0673. The van der Waals surface area contributed by atoms with Crippen molar-refractivity contribution in [3.8, 4) is 11.8 Å². The number of para-hydroxylation sites is 1. The van der Waals surface area contributed by atoms with E-state index in [0.29, 0.717) is 21.8 Å². The highest BCUT2D eigenvalue weighted by Gasteiger charge is 2.26. The normalized spacial score (nSPS) is 11.8. The van der Waals surface area contributed by atoms with Gasteiger partial charge in [0.15, 0.2) is 5.75 Å². The highest BCUT2D eigenvalue weighted by Crippen LogP contribution is 2.28. The maximum atomic E-state index is 12.3. The van der Waals surface area contributed by atoms with Crippen molar-refractivity contribution >= 4 is 22.6 Å². The number of fused-ring (bicyclic) bond motifs is 1. The van der Waals surface area contributed by atoms with Crippen molar-refractivity contribution in [2.45, 2.75) is 25.6 Å². The molecule has 0 unspecified atom stereocenters. The quantitative estimate of drug-likeness (QED) is 0.690. The number of ether oxygens (including phenoxy) is 1. The van der Waals surface area contributed by atoms with E-state index in [1.807, 2.05) is 0 Å². The maximum Gasteiger partial charge on any atom is 0.389 e. The van der Waals surface area contributed by atoms with E-state index in [4.69, 9.17) is 16.3 Å². The molecule has 3 aromatic rings. The lowest BCUT2D eigenvalue weighted by atomic mass is 10.2. The molecule has 3 rings (SSSR count). The third-order valence-electron chi connectivity index (χ3n) is 3.12. The number of hydrogen-bond acceptors (Lipinski definition) is 5. The van der Waals surface area contributed by atoms with Gasteiger partial charge in [-0.1, -0.05) is 22.9 Å². The van der Waals surface area contributed by atoms with Crippen LogP contribution in [0.1, 0.15) is 12.8 Å². The van der Waals surface area contributed by atoms with Crippen molar-refractivity contribution in [1.29, 1.82) is 0 Å². The highest BCUT2D eigenvalue weighted by atomic mass is 35.5. The Morgan fingerprint density at radius 2 is 1.92 bits per heavy atom. The summed E-state index contributed by atoms with van der Waals surface area (Å²) in [5.41, 5.74) is 0.992. The van der Waals surface area contributed by atoms with Gasteiger partial charge in [0.05, 0.1) is 17.4 Å². The molecule has 0 spiro atoms. The molecule has 0 radical (unpaired) electrons. The molecule has 10 heteroatoms. The van der Waals surface area contributed by atoms with Crippen molar-refractivity contribution < 1.29 is 17.9 Å². The smallest absolute Gasteiger partial charge is 0.389 e. The van der Waals surface area contributed by atoms with Crippen LogP contribution in [-0.4, -0.2) is 31.1 Å². The minimum atomic E-state index is -4.20. The van der Waals surface area contributed by atoms with Gasteiger partial charge in [0.1, 0.15) is 11.0 Å². The Balaban J connectivity index is 1.85. The summed E-state index contributed by atoms with van der Waals surface area (Å²) in [7, 11) is 0. The number of aryl methyl sites for hydroxylation is 1. The second kappa shape index (κ2) is 6.60. The molecular formula is C14H11ClF3N5O. The first-order valence-electron chi connectivity index (χ1n) is 6.97. The number of halogens is 4. The molecule has 6 nitrogen and oxygen atoms in total. The zero-order valence-electron chi connectivity index (χ0n) is 12.2. The van der Waals surface area contributed by atoms with Gasteiger partial charge in [0, 0.05) is 13.0 Å². The Bertz CT molecular complexity index is 835. The summed E-state index contributed by atoms with van der Waals surface area (Å²) < 4.78 is 43.9. The van der Waals surface area contributed by atoms with E-state index >= 15 is 0 Å². The van der Waals surface area contributed by atoms with E-state index < -0.39 is 12.6 Å².